The highest BCUT2D eigenvalue weighted by Crippen LogP contribution is 2.20. The van der Waals surface area contributed by atoms with Gasteiger partial charge in [0, 0.05) is 18.6 Å². The van der Waals surface area contributed by atoms with E-state index < -0.39 is 11.9 Å². The summed E-state index contributed by atoms with van der Waals surface area (Å²) in [6.07, 6.45) is 6.03. The predicted molar refractivity (Wildman–Crippen MR) is 116 cm³/mol. The van der Waals surface area contributed by atoms with Crippen molar-refractivity contribution in [2.45, 2.75) is 19.4 Å². The molecule has 1 N–H and O–H groups in total. The third-order valence-corrected chi connectivity index (χ3v) is 4.14. The molecule has 1 saturated heterocycles. The van der Waals surface area contributed by atoms with E-state index in [1.807, 2.05) is 60.7 Å². The Hall–Kier alpha value is -3.74. The van der Waals surface area contributed by atoms with Gasteiger partial charge in [-0.2, -0.15) is 0 Å². The molecule has 3 rings (SSSR count). The smallest absolute Gasteiger partial charge is 0.330 e. The maximum absolute atomic E-state index is 11.5. The van der Waals surface area contributed by atoms with E-state index in [0.717, 1.165) is 17.2 Å². The molecule has 2 aromatic rings. The summed E-state index contributed by atoms with van der Waals surface area (Å²) in [5.41, 5.74) is 1.83. The number of carboxylic acids is 1. The SMILES string of the molecule is C[C@H]1C[C@@H](COC(=O)/C=C/c2ccccc2)OC1=O.F.O=C(O)/C=C/c1ccccc1. The Bertz CT molecular complexity index is 893. The highest BCUT2D eigenvalue weighted by molar-refractivity contribution is 5.87. The minimum absolute atomic E-state index is 0. The number of hydrogen-bond acceptors (Lipinski definition) is 5. The lowest BCUT2D eigenvalue weighted by Crippen LogP contribution is -2.17. The molecule has 0 saturated carbocycles. The maximum atomic E-state index is 11.5. The van der Waals surface area contributed by atoms with Crippen LogP contribution < -0.4 is 0 Å². The van der Waals surface area contributed by atoms with Crippen LogP contribution in [0, 0.1) is 5.92 Å². The zero-order valence-corrected chi connectivity index (χ0v) is 17.0. The molecule has 0 radical (unpaired) electrons. The van der Waals surface area contributed by atoms with Crippen LogP contribution in [0.4, 0.5) is 4.70 Å². The minimum Gasteiger partial charge on any atom is -0.478 e. The highest BCUT2D eigenvalue weighted by atomic mass is 19.0. The van der Waals surface area contributed by atoms with E-state index in [4.69, 9.17) is 14.6 Å². The lowest BCUT2D eigenvalue weighted by Gasteiger charge is -2.08. The van der Waals surface area contributed by atoms with Crippen LogP contribution in [0.2, 0.25) is 0 Å². The second kappa shape index (κ2) is 13.5. The molecule has 0 amide bonds. The first-order valence-corrected chi connectivity index (χ1v) is 9.50. The second-order valence-electron chi connectivity index (χ2n) is 6.65. The summed E-state index contributed by atoms with van der Waals surface area (Å²) in [6, 6.07) is 18.8. The Morgan fingerprint density at radius 2 is 1.52 bits per heavy atom. The van der Waals surface area contributed by atoms with Crippen LogP contribution >= 0.6 is 0 Å². The van der Waals surface area contributed by atoms with Gasteiger partial charge in [-0.15, -0.1) is 0 Å². The van der Waals surface area contributed by atoms with Gasteiger partial charge < -0.3 is 14.6 Å². The van der Waals surface area contributed by atoms with E-state index in [9.17, 15) is 14.4 Å². The zero-order valence-electron chi connectivity index (χ0n) is 17.0. The first kappa shape index (κ1) is 25.3. The molecule has 0 bridgehead atoms. The number of ether oxygens (including phenoxy) is 2. The average molecular weight is 428 g/mol. The molecule has 31 heavy (non-hydrogen) atoms. The number of aliphatic carboxylic acids is 1. The summed E-state index contributed by atoms with van der Waals surface area (Å²) in [4.78, 5) is 32.7. The fourth-order valence-electron chi connectivity index (χ4n) is 2.60. The van der Waals surface area contributed by atoms with Gasteiger partial charge in [0.2, 0.25) is 0 Å². The number of rotatable bonds is 6. The number of carboxylic acid groups (broad SMARTS) is 1. The van der Waals surface area contributed by atoms with Crippen molar-refractivity contribution < 1.29 is 33.7 Å². The highest BCUT2D eigenvalue weighted by Gasteiger charge is 2.31. The van der Waals surface area contributed by atoms with Gasteiger partial charge in [0.1, 0.15) is 12.7 Å². The zero-order chi connectivity index (χ0) is 21.8. The number of benzene rings is 2. The van der Waals surface area contributed by atoms with Crippen molar-refractivity contribution in [3.63, 3.8) is 0 Å². The second-order valence-corrected chi connectivity index (χ2v) is 6.65. The first-order chi connectivity index (χ1) is 14.4. The monoisotopic (exact) mass is 428 g/mol. The summed E-state index contributed by atoms with van der Waals surface area (Å²) in [7, 11) is 0. The Kier molecular flexibility index (Phi) is 11.0. The Morgan fingerprint density at radius 1 is 1.00 bits per heavy atom. The summed E-state index contributed by atoms with van der Waals surface area (Å²) < 4.78 is 10.1. The average Bonchev–Trinajstić information content (AvgIpc) is 3.08. The number of hydrogen-bond donors (Lipinski definition) is 1. The topological polar surface area (TPSA) is 89.9 Å². The Balaban J connectivity index is 0.000000344. The summed E-state index contributed by atoms with van der Waals surface area (Å²) in [5, 5.41) is 8.29. The lowest BCUT2D eigenvalue weighted by molar-refractivity contribution is -0.150. The largest absolute Gasteiger partial charge is 0.478 e. The van der Waals surface area contributed by atoms with E-state index in [1.165, 1.54) is 6.08 Å². The van der Waals surface area contributed by atoms with Gasteiger partial charge in [0.25, 0.3) is 0 Å². The van der Waals surface area contributed by atoms with Crippen molar-refractivity contribution in [1.29, 1.82) is 0 Å². The van der Waals surface area contributed by atoms with E-state index in [2.05, 4.69) is 0 Å². The molecular weight excluding hydrogens is 403 g/mol. The van der Waals surface area contributed by atoms with Crippen molar-refractivity contribution in [2.75, 3.05) is 6.61 Å². The summed E-state index contributed by atoms with van der Waals surface area (Å²) in [5.74, 6) is -1.68. The molecule has 1 aliphatic heterocycles. The first-order valence-electron chi connectivity index (χ1n) is 9.50. The lowest BCUT2D eigenvalue weighted by atomic mass is 10.1. The van der Waals surface area contributed by atoms with E-state index in [1.54, 1.807) is 19.1 Å². The molecule has 2 atom stereocenters. The van der Waals surface area contributed by atoms with Gasteiger partial charge in [-0.1, -0.05) is 67.6 Å². The molecule has 0 unspecified atom stereocenters. The van der Waals surface area contributed by atoms with Gasteiger partial charge in [-0.3, -0.25) is 9.50 Å². The molecule has 0 aliphatic carbocycles. The normalized spacial score (nSPS) is 17.4. The number of carbonyl (C=O) groups excluding carboxylic acids is 2. The fraction of sp³-hybridized carbons (Fsp3) is 0.208. The Labute approximate surface area is 180 Å². The van der Waals surface area contributed by atoms with E-state index in [-0.39, 0.29) is 29.3 Å². The van der Waals surface area contributed by atoms with Crippen molar-refractivity contribution in [3.8, 4) is 0 Å². The Morgan fingerprint density at radius 3 is 1.97 bits per heavy atom. The van der Waals surface area contributed by atoms with Crippen molar-refractivity contribution in [1.82, 2.24) is 0 Å². The van der Waals surface area contributed by atoms with Crippen LogP contribution in [0.5, 0.6) is 0 Å². The van der Waals surface area contributed by atoms with Crippen molar-refractivity contribution >= 4 is 30.1 Å². The van der Waals surface area contributed by atoms with Crippen LogP contribution in [-0.2, 0) is 23.9 Å². The predicted octanol–water partition coefficient (Wildman–Crippen LogP) is 4.13. The summed E-state index contributed by atoms with van der Waals surface area (Å²) >= 11 is 0. The number of cyclic esters (lactones) is 1. The van der Waals surface area contributed by atoms with Gasteiger partial charge in [-0.05, 0) is 23.3 Å². The molecule has 1 fully saturated rings. The number of carbonyl (C=O) groups is 3. The molecule has 2 aromatic carbocycles. The van der Waals surface area contributed by atoms with Gasteiger partial charge in [0.05, 0.1) is 5.92 Å². The minimum atomic E-state index is -0.922. The van der Waals surface area contributed by atoms with Crippen LogP contribution in [0.1, 0.15) is 24.5 Å². The van der Waals surface area contributed by atoms with Gasteiger partial charge in [-0.25, -0.2) is 9.59 Å². The van der Waals surface area contributed by atoms with Crippen LogP contribution in [0.15, 0.2) is 72.8 Å². The maximum Gasteiger partial charge on any atom is 0.330 e. The molecule has 0 aromatic heterocycles. The molecule has 7 heteroatoms. The van der Waals surface area contributed by atoms with Crippen LogP contribution in [-0.4, -0.2) is 35.7 Å². The van der Waals surface area contributed by atoms with E-state index in [0.29, 0.717) is 6.42 Å². The quantitative estimate of drug-likeness (QED) is 0.550. The third-order valence-electron chi connectivity index (χ3n) is 4.14. The molecular formula is C24H25FO6. The van der Waals surface area contributed by atoms with Crippen LogP contribution in [0.3, 0.4) is 0 Å². The molecule has 164 valence electrons. The fourth-order valence-corrected chi connectivity index (χ4v) is 2.60. The summed E-state index contributed by atoms with van der Waals surface area (Å²) in [6.45, 7) is 1.92. The van der Waals surface area contributed by atoms with Crippen molar-refractivity contribution in [3.05, 3.63) is 83.9 Å². The molecule has 6 nitrogen and oxygen atoms in total. The number of halogens is 1. The molecule has 1 heterocycles. The molecule has 0 spiro atoms. The van der Waals surface area contributed by atoms with Gasteiger partial charge >= 0.3 is 17.9 Å². The third kappa shape index (κ3) is 10.0. The van der Waals surface area contributed by atoms with Crippen LogP contribution in [0.25, 0.3) is 12.2 Å². The van der Waals surface area contributed by atoms with Crippen molar-refractivity contribution in [2.24, 2.45) is 5.92 Å². The number of esters is 2. The van der Waals surface area contributed by atoms with E-state index >= 15 is 0 Å². The molecule has 1 aliphatic rings. The standard InChI is InChI=1S/C15H16O4.C9H8O2.FH/c1-11-9-13(19-15(11)17)10-18-14(16)8-7-12-5-3-2-4-6-12;10-9(11)7-6-8-4-2-1-3-5-8;/h2-8,11,13H,9-10H2,1H3;1-7H,(H,10,11);1H/b8-7+;7-6+;/t11-,13-;;/m0../s1. The van der Waals surface area contributed by atoms with Gasteiger partial charge in [0.15, 0.2) is 0 Å².